The number of imide groups is 1. The van der Waals surface area contributed by atoms with Gasteiger partial charge in [0.15, 0.2) is 0 Å². The average Bonchev–Trinajstić information content (AvgIpc) is 3.39. The summed E-state index contributed by atoms with van der Waals surface area (Å²) >= 11 is 0. The largest absolute Gasteiger partial charge is 0.461 e. The second kappa shape index (κ2) is 19.7. The summed E-state index contributed by atoms with van der Waals surface area (Å²) in [5.41, 5.74) is 7.80. The van der Waals surface area contributed by atoms with Crippen LogP contribution in [0.3, 0.4) is 0 Å². The van der Waals surface area contributed by atoms with Crippen molar-refractivity contribution < 1.29 is 33.5 Å². The summed E-state index contributed by atoms with van der Waals surface area (Å²) in [6.07, 6.45) is 6.19. The van der Waals surface area contributed by atoms with E-state index in [4.69, 9.17) is 10.5 Å². The maximum atomic E-state index is 13.6. The van der Waals surface area contributed by atoms with Gasteiger partial charge in [0.25, 0.3) is 11.8 Å². The monoisotopic (exact) mass is 661 g/mol. The quantitative estimate of drug-likeness (QED) is 0.0950. The molecule has 0 fully saturated rings. The van der Waals surface area contributed by atoms with E-state index >= 15 is 0 Å². The maximum Gasteiger partial charge on any atom is 0.308 e. The first-order chi connectivity index (χ1) is 23.1. The van der Waals surface area contributed by atoms with E-state index in [0.29, 0.717) is 50.8 Å². The number of ether oxygens (including phenoxy) is 1. The molecule has 48 heavy (non-hydrogen) atoms. The lowest BCUT2D eigenvalue weighted by molar-refractivity contribution is -0.148. The van der Waals surface area contributed by atoms with Crippen molar-refractivity contribution in [3.8, 4) is 0 Å². The zero-order valence-electron chi connectivity index (χ0n) is 27.7. The Kier molecular flexibility index (Phi) is 15.5. The van der Waals surface area contributed by atoms with E-state index in [1.54, 1.807) is 38.1 Å². The minimum Gasteiger partial charge on any atom is -0.461 e. The third kappa shape index (κ3) is 12.7. The first kappa shape index (κ1) is 37.6. The molecule has 0 aliphatic carbocycles. The highest BCUT2D eigenvalue weighted by Gasteiger charge is 2.27. The van der Waals surface area contributed by atoms with Crippen molar-refractivity contribution in [3.63, 3.8) is 0 Å². The number of nitrogens with zero attached hydrogens (tertiary/aromatic N) is 1. The van der Waals surface area contributed by atoms with Crippen LogP contribution in [0.1, 0.15) is 69.9 Å². The Morgan fingerprint density at radius 2 is 1.46 bits per heavy atom. The molecule has 3 rings (SSSR count). The number of esters is 1. The number of anilines is 1. The molecular weight excluding hydrogens is 614 g/mol. The van der Waals surface area contributed by atoms with E-state index < -0.39 is 23.9 Å². The maximum absolute atomic E-state index is 13.6. The summed E-state index contributed by atoms with van der Waals surface area (Å²) in [5, 5.41) is 8.54. The number of carbonyl (C=O) groups is 6. The summed E-state index contributed by atoms with van der Waals surface area (Å²) < 4.78 is 5.26. The second-order valence-corrected chi connectivity index (χ2v) is 12.1. The van der Waals surface area contributed by atoms with Crippen LogP contribution in [0.4, 0.5) is 5.69 Å². The standard InChI is InChI=1S/C36H47N5O7/c1-25(2)36(47)48-24-27-15-17-28(18-16-27)38-34(45)29(13-8-9-21-37)40-35(46)30(23-26-11-5-3-6-12-26)39-31(42)14-7-4-10-22-41-32(43)19-20-33(41)44/h3,5-6,11-12,15-20,25,29-30H,4,7-10,13-14,21-24,37H2,1-2H3,(H,38,45)(H,39,42)(H,40,46)/t29-,30-/m0/s1. The van der Waals surface area contributed by atoms with Gasteiger partial charge < -0.3 is 26.4 Å². The summed E-state index contributed by atoms with van der Waals surface area (Å²) in [7, 11) is 0. The van der Waals surface area contributed by atoms with Gasteiger partial charge in [-0.15, -0.1) is 0 Å². The molecule has 12 heteroatoms. The number of benzene rings is 2. The molecule has 1 aliphatic heterocycles. The van der Waals surface area contributed by atoms with Gasteiger partial charge in [-0.3, -0.25) is 33.7 Å². The molecule has 5 N–H and O–H groups in total. The minimum atomic E-state index is -0.927. The molecular formula is C36H47N5O7. The van der Waals surface area contributed by atoms with Crippen LogP contribution in [0, 0.1) is 5.92 Å². The van der Waals surface area contributed by atoms with Crippen molar-refractivity contribution in [3.05, 3.63) is 77.9 Å². The van der Waals surface area contributed by atoms with E-state index in [2.05, 4.69) is 16.0 Å². The lowest BCUT2D eigenvalue weighted by Gasteiger charge is -2.23. The molecule has 1 heterocycles. The van der Waals surface area contributed by atoms with Gasteiger partial charge in [-0.25, -0.2) is 0 Å². The van der Waals surface area contributed by atoms with Crippen molar-refractivity contribution in [1.29, 1.82) is 0 Å². The van der Waals surface area contributed by atoms with Crippen LogP contribution >= 0.6 is 0 Å². The number of hydrogen-bond donors (Lipinski definition) is 4. The van der Waals surface area contributed by atoms with Crippen LogP contribution in [0.2, 0.25) is 0 Å². The van der Waals surface area contributed by atoms with Crippen molar-refractivity contribution in [2.24, 2.45) is 11.7 Å². The number of amides is 5. The van der Waals surface area contributed by atoms with Crippen LogP contribution in [-0.4, -0.2) is 65.6 Å². The van der Waals surface area contributed by atoms with Crippen LogP contribution in [0.5, 0.6) is 0 Å². The number of nitrogens with two attached hydrogens (primary N) is 1. The molecule has 1 aliphatic rings. The highest BCUT2D eigenvalue weighted by atomic mass is 16.5. The van der Waals surface area contributed by atoms with Crippen LogP contribution in [0.25, 0.3) is 0 Å². The summed E-state index contributed by atoms with van der Waals surface area (Å²) in [5.74, 6) is -2.40. The normalized spacial score (nSPS) is 13.7. The molecule has 258 valence electrons. The number of rotatable bonds is 20. The molecule has 0 saturated heterocycles. The van der Waals surface area contributed by atoms with Gasteiger partial charge in [-0.1, -0.05) is 62.7 Å². The van der Waals surface area contributed by atoms with Crippen molar-refractivity contribution >= 4 is 41.2 Å². The third-order valence-electron chi connectivity index (χ3n) is 7.77. The first-order valence-corrected chi connectivity index (χ1v) is 16.5. The van der Waals surface area contributed by atoms with Gasteiger partial charge in [0.1, 0.15) is 18.7 Å². The molecule has 0 saturated carbocycles. The molecule has 2 aromatic carbocycles. The Hall–Kier alpha value is -4.84. The fourth-order valence-corrected chi connectivity index (χ4v) is 4.98. The fraction of sp³-hybridized carbons (Fsp3) is 0.444. The predicted molar refractivity (Wildman–Crippen MR) is 181 cm³/mol. The highest BCUT2D eigenvalue weighted by molar-refractivity contribution is 6.12. The smallest absolute Gasteiger partial charge is 0.308 e. The highest BCUT2D eigenvalue weighted by Crippen LogP contribution is 2.14. The fourth-order valence-electron chi connectivity index (χ4n) is 4.98. The van der Waals surface area contributed by atoms with Gasteiger partial charge in [0.05, 0.1) is 5.92 Å². The van der Waals surface area contributed by atoms with Crippen molar-refractivity contribution in [1.82, 2.24) is 15.5 Å². The molecule has 0 spiro atoms. The van der Waals surface area contributed by atoms with Crippen molar-refractivity contribution in [2.45, 2.75) is 83.9 Å². The number of nitrogens with one attached hydrogen (secondary N) is 3. The van der Waals surface area contributed by atoms with E-state index in [1.807, 2.05) is 30.3 Å². The Bertz CT molecular complexity index is 1410. The molecule has 0 unspecified atom stereocenters. The minimum absolute atomic E-state index is 0.121. The number of hydrogen-bond acceptors (Lipinski definition) is 8. The lowest BCUT2D eigenvalue weighted by Crippen LogP contribution is -2.53. The SMILES string of the molecule is CC(C)C(=O)OCc1ccc(NC(=O)[C@H](CCCCN)NC(=O)[C@H](Cc2ccccc2)NC(=O)CCCCCN2C(=O)C=CC2=O)cc1. The molecule has 0 radical (unpaired) electrons. The second-order valence-electron chi connectivity index (χ2n) is 12.1. The molecule has 0 bridgehead atoms. The molecule has 2 aromatic rings. The zero-order valence-corrected chi connectivity index (χ0v) is 27.7. The zero-order chi connectivity index (χ0) is 34.9. The van der Waals surface area contributed by atoms with E-state index in [9.17, 15) is 28.8 Å². The Morgan fingerprint density at radius 1 is 0.771 bits per heavy atom. The lowest BCUT2D eigenvalue weighted by atomic mass is 10.0. The summed E-state index contributed by atoms with van der Waals surface area (Å²) in [6.45, 7) is 4.37. The topological polar surface area (TPSA) is 177 Å². The first-order valence-electron chi connectivity index (χ1n) is 16.5. The number of unbranched alkanes of at least 4 members (excludes halogenated alkanes) is 3. The van der Waals surface area contributed by atoms with Gasteiger partial charge in [0.2, 0.25) is 17.7 Å². The van der Waals surface area contributed by atoms with E-state index in [1.165, 1.54) is 17.1 Å². The van der Waals surface area contributed by atoms with Crippen molar-refractivity contribution in [2.75, 3.05) is 18.4 Å². The third-order valence-corrected chi connectivity index (χ3v) is 7.77. The van der Waals surface area contributed by atoms with E-state index in [-0.39, 0.29) is 55.6 Å². The predicted octanol–water partition coefficient (Wildman–Crippen LogP) is 3.15. The van der Waals surface area contributed by atoms with Crippen LogP contribution < -0.4 is 21.7 Å². The van der Waals surface area contributed by atoms with Gasteiger partial charge >= 0.3 is 5.97 Å². The summed E-state index contributed by atoms with van der Waals surface area (Å²) in [4.78, 5) is 76.4. The Labute approximate surface area is 281 Å². The molecule has 5 amide bonds. The average molecular weight is 662 g/mol. The van der Waals surface area contributed by atoms with Gasteiger partial charge in [-0.05, 0) is 61.9 Å². The summed E-state index contributed by atoms with van der Waals surface area (Å²) in [6, 6.07) is 14.4. The Morgan fingerprint density at radius 3 is 2.10 bits per heavy atom. The number of carbonyl (C=O) groups excluding carboxylic acids is 6. The molecule has 0 aromatic heterocycles. The van der Waals surface area contributed by atoms with Gasteiger partial charge in [-0.2, -0.15) is 0 Å². The van der Waals surface area contributed by atoms with Crippen LogP contribution in [0.15, 0.2) is 66.7 Å². The molecule has 12 nitrogen and oxygen atoms in total. The Balaban J connectivity index is 1.60. The van der Waals surface area contributed by atoms with Gasteiger partial charge in [0, 0.05) is 37.2 Å². The molecule has 2 atom stereocenters. The van der Waals surface area contributed by atoms with E-state index in [0.717, 1.165) is 11.1 Å². The van der Waals surface area contributed by atoms with Crippen LogP contribution in [-0.2, 0) is 46.5 Å².